The summed E-state index contributed by atoms with van der Waals surface area (Å²) >= 11 is 0. The van der Waals surface area contributed by atoms with Crippen LogP contribution in [0, 0.1) is 0 Å². The van der Waals surface area contributed by atoms with Crippen LogP contribution < -0.4 is 14.5 Å². The first-order chi connectivity index (χ1) is 35.9. The molecule has 2 aromatic heterocycles. The average molecular weight is 939 g/mol. The van der Waals surface area contributed by atoms with Crippen molar-refractivity contribution < 1.29 is 4.74 Å². The van der Waals surface area contributed by atoms with E-state index in [2.05, 4.69) is 241 Å². The Morgan fingerprint density at radius 2 is 0.918 bits per heavy atom. The van der Waals surface area contributed by atoms with Crippen molar-refractivity contribution >= 4 is 44.6 Å². The molecule has 0 saturated carbocycles. The van der Waals surface area contributed by atoms with Crippen LogP contribution in [0.2, 0.25) is 0 Å². The van der Waals surface area contributed by atoms with Crippen molar-refractivity contribution in [1.82, 2.24) is 9.55 Å². The summed E-state index contributed by atoms with van der Waals surface area (Å²) in [6.07, 6.45) is 1.97. The SMILES string of the molecule is CC(C)(C)c1ccnc(-n2c3cc(Oc4cccc(N5CN(c6cccc7c6C6c8ccccc8C7c7ccccc76)c6ccccc65)c4)ccc3c3cc4c(cc32)C2c3ccccc3C4c3ccccc32)c1. The first-order valence-electron chi connectivity index (χ1n) is 25.8. The predicted molar refractivity (Wildman–Crippen MR) is 295 cm³/mol. The van der Waals surface area contributed by atoms with Crippen molar-refractivity contribution in [2.45, 2.75) is 49.9 Å². The Kier molecular flexibility index (Phi) is 8.39. The standard InChI is InChI=1S/C68H50N4O/c1-68(2,3)40-32-33-69-62(34-40)72-60-36-43(30-31-44(60)54-37-55-56(38-61(54)72)65-47-20-6-4-18-45(47)64(55)46-19-5-7-21-48(46)65)73-42-17-14-16-41(35-42)70-39-71(58-28-13-12-27-57(58)70)59-29-15-26-53-63-49-22-8-10-24-51(49)66(67(53)59)52-25-11-9-23-50(52)63/h4-38,63-66H,39H2,1-3H3. The smallest absolute Gasteiger partial charge is 0.137 e. The molecule has 9 aromatic carbocycles. The van der Waals surface area contributed by atoms with Gasteiger partial charge < -0.3 is 14.5 Å². The van der Waals surface area contributed by atoms with Crippen LogP contribution in [0.5, 0.6) is 11.5 Å². The molecule has 0 N–H and O–H groups in total. The summed E-state index contributed by atoms with van der Waals surface area (Å²) in [4.78, 5) is 10.1. The number of anilines is 4. The minimum atomic E-state index is -0.0486. The summed E-state index contributed by atoms with van der Waals surface area (Å²) in [6, 6.07) is 76.9. The Hall–Kier alpha value is -8.67. The zero-order chi connectivity index (χ0) is 48.3. The summed E-state index contributed by atoms with van der Waals surface area (Å²) in [5.41, 5.74) is 25.2. The van der Waals surface area contributed by atoms with Gasteiger partial charge in [0, 0.05) is 64.1 Å². The highest BCUT2D eigenvalue weighted by Crippen LogP contribution is 2.60. The molecule has 11 aromatic rings. The van der Waals surface area contributed by atoms with Gasteiger partial charge in [-0.15, -0.1) is 0 Å². The summed E-state index contributed by atoms with van der Waals surface area (Å²) < 4.78 is 9.36. The average Bonchev–Trinajstić information content (AvgIpc) is 3.98. The minimum Gasteiger partial charge on any atom is -0.457 e. The Morgan fingerprint density at radius 1 is 0.411 bits per heavy atom. The first kappa shape index (κ1) is 41.0. The molecule has 3 heterocycles. The van der Waals surface area contributed by atoms with E-state index >= 15 is 0 Å². The molecule has 0 amide bonds. The fourth-order valence-corrected chi connectivity index (χ4v) is 13.9. The quantitative estimate of drug-likeness (QED) is 0.172. The van der Waals surface area contributed by atoms with Gasteiger partial charge in [0.1, 0.15) is 24.0 Å². The maximum Gasteiger partial charge on any atom is 0.137 e. The molecule has 0 fully saturated rings. The molecule has 0 unspecified atom stereocenters. The number of pyridine rings is 1. The van der Waals surface area contributed by atoms with E-state index in [-0.39, 0.29) is 29.1 Å². The first-order valence-corrected chi connectivity index (χ1v) is 25.8. The second-order valence-corrected chi connectivity index (χ2v) is 21.8. The topological polar surface area (TPSA) is 33.5 Å². The maximum atomic E-state index is 6.98. The molecule has 4 bridgehead atoms. The van der Waals surface area contributed by atoms with Crippen molar-refractivity contribution in [3.8, 4) is 17.3 Å². The van der Waals surface area contributed by atoms with Gasteiger partial charge in [-0.3, -0.25) is 4.57 Å². The van der Waals surface area contributed by atoms with Crippen LogP contribution in [0.1, 0.15) is 117 Å². The van der Waals surface area contributed by atoms with Gasteiger partial charge in [-0.05, 0) is 144 Å². The van der Waals surface area contributed by atoms with E-state index in [4.69, 9.17) is 9.72 Å². The van der Waals surface area contributed by atoms with Gasteiger partial charge in [0.05, 0.1) is 22.4 Å². The fourth-order valence-electron chi connectivity index (χ4n) is 13.9. The van der Waals surface area contributed by atoms with E-state index in [1.807, 2.05) is 6.20 Å². The van der Waals surface area contributed by atoms with Gasteiger partial charge in [-0.25, -0.2) is 4.98 Å². The monoisotopic (exact) mass is 938 g/mol. The molecular weight excluding hydrogens is 889 g/mol. The molecule has 1 aliphatic heterocycles. The largest absolute Gasteiger partial charge is 0.457 e. The predicted octanol–water partition coefficient (Wildman–Crippen LogP) is 16.5. The Morgan fingerprint density at radius 3 is 1.55 bits per heavy atom. The van der Waals surface area contributed by atoms with Crippen molar-refractivity contribution in [2.24, 2.45) is 0 Å². The van der Waals surface area contributed by atoms with Gasteiger partial charge >= 0.3 is 0 Å². The molecule has 7 aliphatic rings. The number of aromatic nitrogens is 2. The zero-order valence-corrected chi connectivity index (χ0v) is 40.9. The van der Waals surface area contributed by atoms with Crippen LogP contribution in [-0.4, -0.2) is 16.2 Å². The number of benzene rings is 9. The third-order valence-corrected chi connectivity index (χ3v) is 17.0. The van der Waals surface area contributed by atoms with Crippen molar-refractivity contribution in [3.63, 3.8) is 0 Å². The Balaban J connectivity index is 0.791. The normalized spacial score (nSPS) is 18.2. The highest BCUT2D eigenvalue weighted by atomic mass is 16.5. The van der Waals surface area contributed by atoms with E-state index in [9.17, 15) is 0 Å². The molecule has 6 aliphatic carbocycles. The second-order valence-electron chi connectivity index (χ2n) is 21.8. The molecule has 18 rings (SSSR count). The van der Waals surface area contributed by atoms with Gasteiger partial charge in [-0.2, -0.15) is 0 Å². The van der Waals surface area contributed by atoms with Gasteiger partial charge in [0.15, 0.2) is 0 Å². The summed E-state index contributed by atoms with van der Waals surface area (Å²) in [5.74, 6) is 3.22. The number of ether oxygens (including phenoxy) is 1. The Bertz CT molecular complexity index is 4060. The number of para-hydroxylation sites is 2. The molecule has 73 heavy (non-hydrogen) atoms. The Labute approximate surface area is 425 Å². The molecule has 0 atom stereocenters. The molecule has 0 saturated heterocycles. The maximum absolute atomic E-state index is 6.98. The lowest BCUT2D eigenvalue weighted by atomic mass is 9.61. The minimum absolute atomic E-state index is 0.0486. The van der Waals surface area contributed by atoms with Gasteiger partial charge in [-0.1, -0.05) is 148 Å². The summed E-state index contributed by atoms with van der Waals surface area (Å²) in [6.45, 7) is 7.49. The van der Waals surface area contributed by atoms with Crippen molar-refractivity contribution in [3.05, 3.63) is 285 Å². The molecule has 5 heteroatoms. The number of hydrogen-bond donors (Lipinski definition) is 0. The highest BCUT2D eigenvalue weighted by Gasteiger charge is 2.45. The van der Waals surface area contributed by atoms with E-state index in [0.717, 1.165) is 34.0 Å². The van der Waals surface area contributed by atoms with Crippen LogP contribution in [0.25, 0.3) is 27.6 Å². The molecule has 0 radical (unpaired) electrons. The third-order valence-electron chi connectivity index (χ3n) is 17.0. The van der Waals surface area contributed by atoms with E-state index in [0.29, 0.717) is 6.67 Å². The van der Waals surface area contributed by atoms with Crippen LogP contribution >= 0.6 is 0 Å². The van der Waals surface area contributed by atoms with Crippen LogP contribution in [0.15, 0.2) is 212 Å². The lowest BCUT2D eigenvalue weighted by Gasteiger charge is -2.44. The van der Waals surface area contributed by atoms with Crippen molar-refractivity contribution in [1.29, 1.82) is 0 Å². The fraction of sp³-hybridized carbons (Fsp3) is 0.132. The number of hydrogen-bond acceptors (Lipinski definition) is 4. The highest BCUT2D eigenvalue weighted by molar-refractivity contribution is 6.10. The number of nitrogens with zero attached hydrogens (tertiary/aromatic N) is 4. The van der Waals surface area contributed by atoms with Gasteiger partial charge in [0.25, 0.3) is 0 Å². The van der Waals surface area contributed by atoms with Crippen molar-refractivity contribution in [2.75, 3.05) is 16.5 Å². The second kappa shape index (κ2) is 14.9. The summed E-state index contributed by atoms with van der Waals surface area (Å²) in [5, 5.41) is 2.41. The van der Waals surface area contributed by atoms with Crippen LogP contribution in [0.3, 0.4) is 0 Å². The molecule has 0 spiro atoms. The lowest BCUT2D eigenvalue weighted by Crippen LogP contribution is -2.31. The molecule has 5 nitrogen and oxygen atoms in total. The lowest BCUT2D eigenvalue weighted by molar-refractivity contribution is 0.483. The van der Waals surface area contributed by atoms with Crippen LogP contribution in [-0.2, 0) is 5.41 Å². The van der Waals surface area contributed by atoms with E-state index in [1.54, 1.807) is 0 Å². The van der Waals surface area contributed by atoms with Gasteiger partial charge in [0.2, 0.25) is 0 Å². The van der Waals surface area contributed by atoms with Crippen LogP contribution in [0.4, 0.5) is 22.7 Å². The summed E-state index contributed by atoms with van der Waals surface area (Å²) in [7, 11) is 0. The third kappa shape index (κ3) is 5.76. The van der Waals surface area contributed by atoms with E-state index in [1.165, 1.54) is 100 Å². The van der Waals surface area contributed by atoms with E-state index < -0.39 is 0 Å². The zero-order valence-electron chi connectivity index (χ0n) is 40.9. The number of fused-ring (bicyclic) bond motifs is 4. The molecule has 348 valence electrons. The number of rotatable bonds is 5. The molecular formula is C68H50N4O.